The lowest BCUT2D eigenvalue weighted by Crippen LogP contribution is -2.48. The maximum Gasteiger partial charge on any atom is 0.414 e. The molecule has 3 amide bonds. The van der Waals surface area contributed by atoms with E-state index in [2.05, 4.69) is 5.32 Å². The summed E-state index contributed by atoms with van der Waals surface area (Å²) in [5.74, 6) is -2.15. The van der Waals surface area contributed by atoms with Gasteiger partial charge in [0, 0.05) is 39.2 Å². The lowest BCUT2D eigenvalue weighted by Gasteiger charge is -2.36. The highest BCUT2D eigenvalue weighted by molar-refractivity contribution is 5.92. The third kappa shape index (κ3) is 5.65. The van der Waals surface area contributed by atoms with Crippen LogP contribution in [0.1, 0.15) is 23.2 Å². The predicted octanol–water partition coefficient (Wildman–Crippen LogP) is 1.94. The first-order chi connectivity index (χ1) is 17.2. The molecule has 4 rings (SSSR count). The standard InChI is InChI=1S/C24H25FN4O7/c1-15(30)26-13-18-14-29(24(34)36-18)16-2-5-20(19(25)12-16)27-8-10-28(11-9-27)22(31)7-4-17-3-6-21(35-17)23(32)33/h2-7,12,18H,8-11,13-14H2,1H3,(H,26,30)(H,32,33)/b7-4+/t18-/m0/s1. The zero-order valence-electron chi connectivity index (χ0n) is 19.5. The van der Waals surface area contributed by atoms with Gasteiger partial charge in [-0.15, -0.1) is 0 Å². The van der Waals surface area contributed by atoms with Gasteiger partial charge in [-0.25, -0.2) is 14.0 Å². The van der Waals surface area contributed by atoms with E-state index in [1.807, 2.05) is 4.90 Å². The van der Waals surface area contributed by atoms with Crippen molar-refractivity contribution in [2.24, 2.45) is 0 Å². The van der Waals surface area contributed by atoms with Gasteiger partial charge in [-0.2, -0.15) is 0 Å². The van der Waals surface area contributed by atoms with Gasteiger partial charge in [-0.05, 0) is 36.4 Å². The SMILES string of the molecule is CC(=O)NC[C@H]1CN(c2ccc(N3CCN(C(=O)/C=C/c4ccc(C(=O)O)o4)CC3)c(F)c2)C(=O)O1. The molecule has 2 aliphatic heterocycles. The fraction of sp³-hybridized carbons (Fsp3) is 0.333. The number of hydrogen-bond acceptors (Lipinski definition) is 7. The summed E-state index contributed by atoms with van der Waals surface area (Å²) in [6, 6.07) is 7.26. The van der Waals surface area contributed by atoms with E-state index in [-0.39, 0.29) is 36.4 Å². The molecule has 190 valence electrons. The Labute approximate surface area is 205 Å². The smallest absolute Gasteiger partial charge is 0.414 e. The summed E-state index contributed by atoms with van der Waals surface area (Å²) >= 11 is 0. The number of furan rings is 1. The fourth-order valence-electron chi connectivity index (χ4n) is 4.00. The summed E-state index contributed by atoms with van der Waals surface area (Å²) in [6.07, 6.45) is 1.59. The van der Waals surface area contributed by atoms with Gasteiger partial charge in [0.05, 0.1) is 24.5 Å². The highest BCUT2D eigenvalue weighted by Crippen LogP contribution is 2.28. The third-order valence-electron chi connectivity index (χ3n) is 5.86. The molecule has 11 nitrogen and oxygen atoms in total. The molecule has 2 saturated heterocycles. The minimum Gasteiger partial charge on any atom is -0.475 e. The Morgan fingerprint density at radius 2 is 1.92 bits per heavy atom. The number of carboxylic acids is 1. The Morgan fingerprint density at radius 1 is 1.17 bits per heavy atom. The molecule has 12 heteroatoms. The number of amides is 3. The maximum absolute atomic E-state index is 15.0. The van der Waals surface area contributed by atoms with Gasteiger partial charge in [0.25, 0.3) is 0 Å². The Kier molecular flexibility index (Phi) is 7.23. The van der Waals surface area contributed by atoms with Crippen molar-refractivity contribution < 1.29 is 37.8 Å². The van der Waals surface area contributed by atoms with Crippen LogP contribution < -0.4 is 15.1 Å². The molecule has 1 atom stereocenters. The van der Waals surface area contributed by atoms with Crippen molar-refractivity contribution in [2.45, 2.75) is 13.0 Å². The van der Waals surface area contributed by atoms with Crippen molar-refractivity contribution in [2.75, 3.05) is 49.1 Å². The topological polar surface area (TPSA) is 133 Å². The van der Waals surface area contributed by atoms with Crippen LogP contribution in [0, 0.1) is 5.82 Å². The summed E-state index contributed by atoms with van der Waals surface area (Å²) < 4.78 is 25.3. The number of benzene rings is 1. The molecule has 0 bridgehead atoms. The fourth-order valence-corrected chi connectivity index (χ4v) is 4.00. The molecular weight excluding hydrogens is 475 g/mol. The van der Waals surface area contributed by atoms with E-state index in [1.54, 1.807) is 17.0 Å². The van der Waals surface area contributed by atoms with Crippen LogP contribution in [0.25, 0.3) is 6.08 Å². The van der Waals surface area contributed by atoms with Crippen molar-refractivity contribution in [1.29, 1.82) is 0 Å². The second kappa shape index (κ2) is 10.5. The van der Waals surface area contributed by atoms with E-state index < -0.39 is 24.0 Å². The molecule has 0 saturated carbocycles. The number of ether oxygens (including phenoxy) is 1. The van der Waals surface area contributed by atoms with E-state index in [1.165, 1.54) is 42.2 Å². The molecule has 0 spiro atoms. The van der Waals surface area contributed by atoms with Gasteiger partial charge in [-0.1, -0.05) is 0 Å². The van der Waals surface area contributed by atoms with E-state index in [9.17, 15) is 23.6 Å². The number of hydrogen-bond donors (Lipinski definition) is 2. The molecule has 3 heterocycles. The summed E-state index contributed by atoms with van der Waals surface area (Å²) in [5.41, 5.74) is 0.718. The first-order valence-electron chi connectivity index (χ1n) is 11.3. The summed E-state index contributed by atoms with van der Waals surface area (Å²) in [5, 5.41) is 11.5. The minimum atomic E-state index is -1.19. The molecule has 2 aromatic rings. The molecule has 0 unspecified atom stereocenters. The second-order valence-corrected chi connectivity index (χ2v) is 8.34. The molecule has 2 aliphatic rings. The van der Waals surface area contributed by atoms with E-state index >= 15 is 0 Å². The van der Waals surface area contributed by atoms with Gasteiger partial charge in [-0.3, -0.25) is 14.5 Å². The summed E-state index contributed by atoms with van der Waals surface area (Å²) in [6.45, 7) is 3.30. The van der Waals surface area contributed by atoms with Crippen molar-refractivity contribution in [3.8, 4) is 0 Å². The number of aromatic carboxylic acids is 1. The minimum absolute atomic E-state index is 0.182. The van der Waals surface area contributed by atoms with Gasteiger partial charge in [0.15, 0.2) is 0 Å². The number of anilines is 2. The number of nitrogens with one attached hydrogen (secondary N) is 1. The number of cyclic esters (lactones) is 1. The van der Waals surface area contributed by atoms with E-state index in [0.717, 1.165) is 0 Å². The predicted molar refractivity (Wildman–Crippen MR) is 126 cm³/mol. The molecule has 1 aromatic carbocycles. The van der Waals surface area contributed by atoms with Gasteiger partial charge >= 0.3 is 12.1 Å². The lowest BCUT2D eigenvalue weighted by atomic mass is 10.2. The first kappa shape index (κ1) is 24.8. The van der Waals surface area contributed by atoms with Gasteiger partial charge in [0.1, 0.15) is 17.7 Å². The number of piperazine rings is 1. The van der Waals surface area contributed by atoms with Crippen LogP contribution in [0.15, 0.2) is 40.8 Å². The van der Waals surface area contributed by atoms with Crippen LogP contribution >= 0.6 is 0 Å². The molecule has 0 radical (unpaired) electrons. The van der Waals surface area contributed by atoms with Gasteiger partial charge in [0.2, 0.25) is 17.6 Å². The van der Waals surface area contributed by atoms with Crippen molar-refractivity contribution in [3.05, 3.63) is 53.7 Å². The molecular formula is C24H25FN4O7. The second-order valence-electron chi connectivity index (χ2n) is 8.34. The van der Waals surface area contributed by atoms with Crippen LogP contribution in [-0.2, 0) is 14.3 Å². The molecule has 0 aliphatic carbocycles. The number of carbonyl (C=O) groups excluding carboxylic acids is 3. The lowest BCUT2D eigenvalue weighted by molar-refractivity contribution is -0.126. The summed E-state index contributed by atoms with van der Waals surface area (Å²) in [7, 11) is 0. The third-order valence-corrected chi connectivity index (χ3v) is 5.86. The Balaban J connectivity index is 1.32. The van der Waals surface area contributed by atoms with E-state index in [4.69, 9.17) is 14.3 Å². The largest absolute Gasteiger partial charge is 0.475 e. The molecule has 2 N–H and O–H groups in total. The summed E-state index contributed by atoms with van der Waals surface area (Å²) in [4.78, 5) is 51.3. The zero-order chi connectivity index (χ0) is 25.8. The van der Waals surface area contributed by atoms with Crippen LogP contribution in [0.4, 0.5) is 20.6 Å². The number of halogens is 1. The van der Waals surface area contributed by atoms with Crippen molar-refractivity contribution >= 4 is 41.3 Å². The zero-order valence-corrected chi connectivity index (χ0v) is 19.5. The average molecular weight is 500 g/mol. The van der Waals surface area contributed by atoms with Gasteiger partial charge < -0.3 is 29.4 Å². The number of rotatable bonds is 7. The Bertz CT molecular complexity index is 1200. The van der Waals surface area contributed by atoms with Crippen molar-refractivity contribution in [3.63, 3.8) is 0 Å². The quantitative estimate of drug-likeness (QED) is 0.552. The molecule has 36 heavy (non-hydrogen) atoms. The molecule has 2 fully saturated rings. The number of nitrogens with zero attached hydrogens (tertiary/aromatic N) is 3. The average Bonchev–Trinajstić information content (AvgIpc) is 3.48. The molecule has 1 aromatic heterocycles. The van der Waals surface area contributed by atoms with Crippen LogP contribution in [0.3, 0.4) is 0 Å². The maximum atomic E-state index is 15.0. The normalized spacial score (nSPS) is 18.0. The highest BCUT2D eigenvalue weighted by Gasteiger charge is 2.33. The number of carboxylic acid groups (broad SMARTS) is 1. The Hall–Kier alpha value is -4.35. The van der Waals surface area contributed by atoms with E-state index in [0.29, 0.717) is 37.6 Å². The first-order valence-corrected chi connectivity index (χ1v) is 11.3. The van der Waals surface area contributed by atoms with Crippen LogP contribution in [0.2, 0.25) is 0 Å². The Morgan fingerprint density at radius 3 is 2.56 bits per heavy atom. The van der Waals surface area contributed by atoms with Crippen LogP contribution in [-0.4, -0.2) is 79.3 Å². The van der Waals surface area contributed by atoms with Crippen molar-refractivity contribution in [1.82, 2.24) is 10.2 Å². The number of carbonyl (C=O) groups is 4. The van der Waals surface area contributed by atoms with Crippen LogP contribution in [0.5, 0.6) is 0 Å². The monoisotopic (exact) mass is 500 g/mol. The highest BCUT2D eigenvalue weighted by atomic mass is 19.1.